The van der Waals surface area contributed by atoms with Crippen LogP contribution in [0.3, 0.4) is 0 Å². The van der Waals surface area contributed by atoms with Crippen LogP contribution in [-0.4, -0.2) is 39.5 Å². The number of nitrogens with zero attached hydrogens (tertiary/aromatic N) is 2. The van der Waals surface area contributed by atoms with Gasteiger partial charge in [0, 0.05) is 18.3 Å². The molecule has 1 N–H and O–H groups in total. The van der Waals surface area contributed by atoms with Crippen molar-refractivity contribution in [3.05, 3.63) is 43.0 Å². The van der Waals surface area contributed by atoms with Gasteiger partial charge in [-0.05, 0) is 12.1 Å². The van der Waals surface area contributed by atoms with Gasteiger partial charge in [0.05, 0.1) is 11.6 Å². The van der Waals surface area contributed by atoms with Crippen LogP contribution in [0.25, 0.3) is 0 Å². The van der Waals surface area contributed by atoms with E-state index in [1.165, 1.54) is 11.8 Å². The quantitative estimate of drug-likeness (QED) is 0.847. The normalized spacial score (nSPS) is 21.9. The van der Waals surface area contributed by atoms with Gasteiger partial charge in [-0.3, -0.25) is 4.79 Å². The molecule has 1 saturated heterocycles. The molecule has 2 atom stereocenters. The SMILES string of the molecule is C=CCN1CC(C(C)C(=O)O)SC1=Nc1ccccc1. The largest absolute Gasteiger partial charge is 0.481 e. The lowest BCUT2D eigenvalue weighted by atomic mass is 10.1. The van der Waals surface area contributed by atoms with Gasteiger partial charge in [-0.25, -0.2) is 4.99 Å². The zero-order valence-electron chi connectivity index (χ0n) is 11.4. The van der Waals surface area contributed by atoms with Crippen molar-refractivity contribution in [2.45, 2.75) is 12.2 Å². The summed E-state index contributed by atoms with van der Waals surface area (Å²) in [5.41, 5.74) is 0.882. The van der Waals surface area contributed by atoms with E-state index in [4.69, 9.17) is 5.11 Å². The molecule has 1 aromatic rings. The van der Waals surface area contributed by atoms with Crippen molar-refractivity contribution >= 4 is 28.6 Å². The molecule has 1 heterocycles. The maximum Gasteiger partial charge on any atom is 0.307 e. The van der Waals surface area contributed by atoms with Crippen LogP contribution in [0.5, 0.6) is 0 Å². The first kappa shape index (κ1) is 14.7. The molecule has 0 bridgehead atoms. The Bertz CT molecular complexity index is 516. The Balaban J connectivity index is 2.20. The summed E-state index contributed by atoms with van der Waals surface area (Å²) in [6, 6.07) is 9.70. The van der Waals surface area contributed by atoms with Gasteiger partial charge in [0.25, 0.3) is 0 Å². The first-order chi connectivity index (χ1) is 9.61. The van der Waals surface area contributed by atoms with Crippen LogP contribution in [-0.2, 0) is 4.79 Å². The van der Waals surface area contributed by atoms with Crippen LogP contribution >= 0.6 is 11.8 Å². The van der Waals surface area contributed by atoms with Crippen molar-refractivity contribution < 1.29 is 9.90 Å². The first-order valence-electron chi connectivity index (χ1n) is 6.51. The summed E-state index contributed by atoms with van der Waals surface area (Å²) in [5, 5.41) is 10.0. The van der Waals surface area contributed by atoms with Gasteiger partial charge < -0.3 is 10.0 Å². The number of carboxylic acid groups (broad SMARTS) is 1. The van der Waals surface area contributed by atoms with E-state index in [1.807, 2.05) is 36.4 Å². The molecule has 1 aliphatic heterocycles. The van der Waals surface area contributed by atoms with Gasteiger partial charge in [-0.15, -0.1) is 6.58 Å². The minimum Gasteiger partial charge on any atom is -0.481 e. The average molecular weight is 290 g/mol. The van der Waals surface area contributed by atoms with Crippen LogP contribution in [0.15, 0.2) is 48.0 Å². The Morgan fingerprint density at radius 3 is 2.90 bits per heavy atom. The molecule has 1 fully saturated rings. The third-order valence-electron chi connectivity index (χ3n) is 3.21. The standard InChI is InChI=1S/C15H18N2O2S/c1-3-9-17-10-13(11(2)14(18)19)20-15(17)16-12-7-5-4-6-8-12/h3-8,11,13H,1,9-10H2,2H3,(H,18,19). The third kappa shape index (κ3) is 3.42. The van der Waals surface area contributed by atoms with Gasteiger partial charge in [0.2, 0.25) is 0 Å². The summed E-state index contributed by atoms with van der Waals surface area (Å²) < 4.78 is 0. The van der Waals surface area contributed by atoms with Crippen molar-refractivity contribution in [3.8, 4) is 0 Å². The molecule has 5 heteroatoms. The lowest BCUT2D eigenvalue weighted by Crippen LogP contribution is -2.30. The fraction of sp³-hybridized carbons (Fsp3) is 0.333. The zero-order chi connectivity index (χ0) is 14.5. The molecule has 0 radical (unpaired) electrons. The maximum atomic E-state index is 11.1. The lowest BCUT2D eigenvalue weighted by Gasteiger charge is -2.16. The van der Waals surface area contributed by atoms with Crippen molar-refractivity contribution in [1.29, 1.82) is 0 Å². The summed E-state index contributed by atoms with van der Waals surface area (Å²) in [6.45, 7) is 6.87. The van der Waals surface area contributed by atoms with Gasteiger partial charge in [0.15, 0.2) is 5.17 Å². The Morgan fingerprint density at radius 1 is 1.60 bits per heavy atom. The molecule has 20 heavy (non-hydrogen) atoms. The topological polar surface area (TPSA) is 52.9 Å². The number of para-hydroxylation sites is 1. The number of carboxylic acids is 1. The highest BCUT2D eigenvalue weighted by Gasteiger charge is 2.35. The number of aliphatic imine (C=N–C) groups is 1. The summed E-state index contributed by atoms with van der Waals surface area (Å²) >= 11 is 1.54. The number of aliphatic carboxylic acids is 1. The molecule has 4 nitrogen and oxygen atoms in total. The second-order valence-corrected chi connectivity index (χ2v) is 5.91. The monoisotopic (exact) mass is 290 g/mol. The minimum absolute atomic E-state index is 0.0231. The van der Waals surface area contributed by atoms with E-state index in [9.17, 15) is 4.79 Å². The predicted molar refractivity (Wildman–Crippen MR) is 83.5 cm³/mol. The van der Waals surface area contributed by atoms with E-state index in [2.05, 4.69) is 16.5 Å². The Hall–Kier alpha value is -1.75. The van der Waals surface area contributed by atoms with Gasteiger partial charge in [-0.2, -0.15) is 0 Å². The highest BCUT2D eigenvalue weighted by atomic mass is 32.2. The van der Waals surface area contributed by atoms with Crippen LogP contribution in [0.2, 0.25) is 0 Å². The fourth-order valence-electron chi connectivity index (χ4n) is 1.98. The number of benzene rings is 1. The Labute approximate surface area is 123 Å². The summed E-state index contributed by atoms with van der Waals surface area (Å²) in [4.78, 5) is 17.8. The number of thioether (sulfide) groups is 1. The van der Waals surface area contributed by atoms with Crippen molar-refractivity contribution in [3.63, 3.8) is 0 Å². The molecule has 0 spiro atoms. The van der Waals surface area contributed by atoms with E-state index >= 15 is 0 Å². The second kappa shape index (κ2) is 6.61. The Kier molecular flexibility index (Phi) is 4.84. The van der Waals surface area contributed by atoms with Gasteiger partial charge in [-0.1, -0.05) is 43.0 Å². The van der Waals surface area contributed by atoms with Crippen molar-refractivity contribution in [1.82, 2.24) is 4.90 Å². The fourth-order valence-corrected chi connectivity index (χ4v) is 3.28. The molecule has 1 aliphatic rings. The first-order valence-corrected chi connectivity index (χ1v) is 7.39. The molecule has 0 saturated carbocycles. The molecule has 106 valence electrons. The Morgan fingerprint density at radius 2 is 2.30 bits per heavy atom. The number of amidine groups is 1. The van der Waals surface area contributed by atoms with E-state index in [-0.39, 0.29) is 5.25 Å². The molecule has 2 rings (SSSR count). The van der Waals surface area contributed by atoms with Gasteiger partial charge in [0.1, 0.15) is 0 Å². The summed E-state index contributed by atoms with van der Waals surface area (Å²) in [5.74, 6) is -1.15. The molecule has 1 aromatic carbocycles. The van der Waals surface area contributed by atoms with Crippen LogP contribution in [0.4, 0.5) is 5.69 Å². The maximum absolute atomic E-state index is 11.1. The van der Waals surface area contributed by atoms with Crippen molar-refractivity contribution in [2.75, 3.05) is 13.1 Å². The van der Waals surface area contributed by atoms with E-state index in [0.717, 1.165) is 10.9 Å². The third-order valence-corrected chi connectivity index (χ3v) is 4.63. The van der Waals surface area contributed by atoms with Crippen LogP contribution in [0, 0.1) is 5.92 Å². The summed E-state index contributed by atoms with van der Waals surface area (Å²) in [7, 11) is 0. The highest BCUT2D eigenvalue weighted by molar-refractivity contribution is 8.14. The minimum atomic E-state index is -0.762. The number of carbonyl (C=O) groups is 1. The number of hydrogen-bond donors (Lipinski definition) is 1. The number of rotatable bonds is 5. The second-order valence-electron chi connectivity index (χ2n) is 4.71. The van der Waals surface area contributed by atoms with Gasteiger partial charge >= 0.3 is 5.97 Å². The molecular formula is C15H18N2O2S. The highest BCUT2D eigenvalue weighted by Crippen LogP contribution is 2.32. The van der Waals surface area contributed by atoms with E-state index in [1.54, 1.807) is 6.92 Å². The van der Waals surface area contributed by atoms with Crippen LogP contribution < -0.4 is 0 Å². The number of hydrogen-bond acceptors (Lipinski definition) is 3. The molecular weight excluding hydrogens is 272 g/mol. The molecule has 0 aliphatic carbocycles. The average Bonchev–Trinajstić information content (AvgIpc) is 2.82. The molecule has 0 aromatic heterocycles. The van der Waals surface area contributed by atoms with Crippen molar-refractivity contribution in [2.24, 2.45) is 10.9 Å². The van der Waals surface area contributed by atoms with E-state index < -0.39 is 11.9 Å². The van der Waals surface area contributed by atoms with Crippen LogP contribution in [0.1, 0.15) is 6.92 Å². The smallest absolute Gasteiger partial charge is 0.307 e. The zero-order valence-corrected chi connectivity index (χ0v) is 12.2. The predicted octanol–water partition coefficient (Wildman–Crippen LogP) is 3.00. The molecule has 2 unspecified atom stereocenters. The lowest BCUT2D eigenvalue weighted by molar-refractivity contribution is -0.141. The van der Waals surface area contributed by atoms with E-state index in [0.29, 0.717) is 13.1 Å². The molecule has 0 amide bonds. The summed E-state index contributed by atoms with van der Waals surface area (Å²) in [6.07, 6.45) is 1.81.